The highest BCUT2D eigenvalue weighted by Crippen LogP contribution is 2.40. The Balaban J connectivity index is 1.77. The molecule has 0 atom stereocenters. The number of nitrogens with two attached hydrogens (primary N) is 1. The maximum atomic E-state index is 14.2. The zero-order valence-electron chi connectivity index (χ0n) is 22.5. The summed E-state index contributed by atoms with van der Waals surface area (Å²) in [5.41, 5.74) is 4.83. The molecule has 0 radical (unpaired) electrons. The van der Waals surface area contributed by atoms with Crippen molar-refractivity contribution < 1.29 is 26.3 Å². The zero-order valence-corrected chi connectivity index (χ0v) is 24.1. The first-order valence-corrected chi connectivity index (χ1v) is 15.6. The summed E-state index contributed by atoms with van der Waals surface area (Å²) in [7, 11) is -4.53. The molecular formula is C26H36F3N5O3S2. The summed E-state index contributed by atoms with van der Waals surface area (Å²) in [6.07, 6.45) is 3.77. The lowest BCUT2D eigenvalue weighted by Crippen LogP contribution is -2.41. The highest BCUT2D eigenvalue weighted by molar-refractivity contribution is 7.89. The van der Waals surface area contributed by atoms with Gasteiger partial charge in [-0.2, -0.15) is 13.2 Å². The average Bonchev–Trinajstić information content (AvgIpc) is 3.27. The van der Waals surface area contributed by atoms with E-state index in [-0.39, 0.29) is 17.4 Å². The predicted molar refractivity (Wildman–Crippen MR) is 145 cm³/mol. The van der Waals surface area contributed by atoms with Crippen molar-refractivity contribution in [3.63, 3.8) is 0 Å². The fourth-order valence-electron chi connectivity index (χ4n) is 5.00. The number of pyridine rings is 1. The molecule has 1 aliphatic carbocycles. The number of thiazole rings is 1. The Hall–Kier alpha value is -2.09. The van der Waals surface area contributed by atoms with Crippen molar-refractivity contribution in [3.8, 4) is 10.4 Å². The molecule has 0 spiro atoms. The number of nitrogens with zero attached hydrogens (tertiary/aromatic N) is 3. The Morgan fingerprint density at radius 2 is 1.82 bits per heavy atom. The molecule has 216 valence electrons. The molecule has 8 nitrogen and oxygen atoms in total. The number of hydrogen-bond acceptors (Lipinski definition) is 7. The van der Waals surface area contributed by atoms with Gasteiger partial charge < -0.3 is 10.5 Å². The first kappa shape index (κ1) is 29.9. The second kappa shape index (κ2) is 11.8. The van der Waals surface area contributed by atoms with Crippen LogP contribution in [0.3, 0.4) is 0 Å². The average molecular weight is 588 g/mol. The molecular weight excluding hydrogens is 551 g/mol. The van der Waals surface area contributed by atoms with Crippen molar-refractivity contribution in [2.45, 2.75) is 94.9 Å². The topological polar surface area (TPSA) is 120 Å². The van der Waals surface area contributed by atoms with Gasteiger partial charge in [0.05, 0.1) is 22.2 Å². The van der Waals surface area contributed by atoms with Gasteiger partial charge in [0.15, 0.2) is 15.9 Å². The molecule has 2 fully saturated rings. The molecule has 0 bridgehead atoms. The largest absolute Gasteiger partial charge is 0.419 e. The smallest absolute Gasteiger partial charge is 0.381 e. The molecule has 1 aliphatic heterocycles. The summed E-state index contributed by atoms with van der Waals surface area (Å²) in [5, 5.41) is -0.602. The van der Waals surface area contributed by atoms with Crippen LogP contribution in [0.2, 0.25) is 0 Å². The van der Waals surface area contributed by atoms with Gasteiger partial charge in [-0.25, -0.2) is 23.1 Å². The van der Waals surface area contributed by atoms with E-state index in [1.807, 2.05) is 0 Å². The predicted octanol–water partition coefficient (Wildman–Crippen LogP) is 5.31. The van der Waals surface area contributed by atoms with Crippen molar-refractivity contribution in [2.75, 3.05) is 13.2 Å². The lowest BCUT2D eigenvalue weighted by atomic mass is 9.86. The van der Waals surface area contributed by atoms with Crippen LogP contribution in [0.4, 0.5) is 13.2 Å². The molecule has 0 aromatic carbocycles. The van der Waals surface area contributed by atoms with Crippen LogP contribution < -0.4 is 10.5 Å². The maximum absolute atomic E-state index is 14.2. The molecule has 1 saturated carbocycles. The van der Waals surface area contributed by atoms with Crippen LogP contribution in [0.1, 0.15) is 82.0 Å². The van der Waals surface area contributed by atoms with Gasteiger partial charge in [-0.05, 0) is 52.0 Å². The number of sulfonamides is 1. The highest BCUT2D eigenvalue weighted by atomic mass is 32.2. The number of amidine groups is 1. The Morgan fingerprint density at radius 3 is 2.44 bits per heavy atom. The van der Waals surface area contributed by atoms with E-state index >= 15 is 0 Å². The molecule has 2 aliphatic rings. The fourth-order valence-corrected chi connectivity index (χ4v) is 7.54. The van der Waals surface area contributed by atoms with Crippen LogP contribution in [0, 0.1) is 5.92 Å². The lowest BCUT2D eigenvalue weighted by molar-refractivity contribution is -0.140. The van der Waals surface area contributed by atoms with Gasteiger partial charge in [-0.15, -0.1) is 11.3 Å². The number of aliphatic imine (C=N–C) groups is 1. The molecule has 0 unspecified atom stereocenters. The monoisotopic (exact) mass is 587 g/mol. The Morgan fingerprint density at radius 1 is 1.15 bits per heavy atom. The molecule has 2 aromatic rings. The summed E-state index contributed by atoms with van der Waals surface area (Å²) in [4.78, 5) is 13.7. The van der Waals surface area contributed by atoms with Crippen molar-refractivity contribution in [1.82, 2.24) is 14.7 Å². The third-order valence-corrected chi connectivity index (χ3v) is 9.63. The van der Waals surface area contributed by atoms with Gasteiger partial charge in [0.25, 0.3) is 10.0 Å². The number of alkyl halides is 3. The summed E-state index contributed by atoms with van der Waals surface area (Å²) < 4.78 is 75.9. The first-order chi connectivity index (χ1) is 18.2. The van der Waals surface area contributed by atoms with E-state index in [9.17, 15) is 21.6 Å². The van der Waals surface area contributed by atoms with Crippen LogP contribution in [0.15, 0.2) is 22.3 Å². The van der Waals surface area contributed by atoms with E-state index in [1.165, 1.54) is 24.0 Å². The van der Waals surface area contributed by atoms with Crippen LogP contribution in [-0.2, 0) is 27.4 Å². The van der Waals surface area contributed by atoms with Crippen molar-refractivity contribution >= 4 is 27.2 Å². The van der Waals surface area contributed by atoms with Crippen LogP contribution >= 0.6 is 11.3 Å². The molecule has 0 amide bonds. The van der Waals surface area contributed by atoms with Crippen molar-refractivity contribution in [1.29, 1.82) is 0 Å². The van der Waals surface area contributed by atoms with E-state index in [4.69, 9.17) is 15.5 Å². The van der Waals surface area contributed by atoms with Gasteiger partial charge in [0.1, 0.15) is 0 Å². The highest BCUT2D eigenvalue weighted by Gasteiger charge is 2.40. The third-order valence-electron chi connectivity index (χ3n) is 6.75. The fraction of sp³-hybridized carbons (Fsp3) is 0.654. The Bertz CT molecular complexity index is 1290. The van der Waals surface area contributed by atoms with Crippen LogP contribution in [0.25, 0.3) is 10.4 Å². The van der Waals surface area contributed by atoms with Gasteiger partial charge in [-0.3, -0.25) is 4.99 Å². The minimum Gasteiger partial charge on any atom is -0.381 e. The summed E-state index contributed by atoms with van der Waals surface area (Å²) in [6.45, 7) is 5.85. The normalized spacial score (nSPS) is 19.0. The molecule has 13 heteroatoms. The second-order valence-corrected chi connectivity index (χ2v) is 13.9. The molecule has 2 aromatic heterocycles. The molecule has 39 heavy (non-hydrogen) atoms. The molecule has 4 rings (SSSR count). The van der Waals surface area contributed by atoms with E-state index < -0.39 is 32.3 Å². The number of halogens is 3. The standard InChI is InChI=1S/C26H36F3N5O3S2/c1-25(2,3)34-39(35,36)24-19(26(27,28)29)14-17(15-31-24)21-20(13-16-7-5-4-6-8-16)33-23(38-21)22(30)32-18-9-11-37-12-10-18/h14-16,18,34H,4-13H2,1-3H3,(H2,30,32). The lowest BCUT2D eigenvalue weighted by Gasteiger charge is -2.22. The van der Waals surface area contributed by atoms with E-state index in [0.29, 0.717) is 41.1 Å². The Labute approximate surface area is 231 Å². The quantitative estimate of drug-likeness (QED) is 0.335. The van der Waals surface area contributed by atoms with Gasteiger partial charge in [0.2, 0.25) is 0 Å². The van der Waals surface area contributed by atoms with Gasteiger partial charge in [-0.1, -0.05) is 32.1 Å². The number of hydrogen-bond donors (Lipinski definition) is 2. The van der Waals surface area contributed by atoms with Gasteiger partial charge >= 0.3 is 6.18 Å². The third kappa shape index (κ3) is 7.77. The summed E-state index contributed by atoms with van der Waals surface area (Å²) in [6, 6.07) is 0.865. The summed E-state index contributed by atoms with van der Waals surface area (Å²) in [5.74, 6) is 0.618. The molecule has 3 heterocycles. The number of nitrogens with one attached hydrogen (secondary N) is 1. The minimum atomic E-state index is -4.94. The molecule has 3 N–H and O–H groups in total. The van der Waals surface area contributed by atoms with E-state index in [1.54, 1.807) is 20.8 Å². The maximum Gasteiger partial charge on any atom is 0.419 e. The minimum absolute atomic E-state index is 0.00574. The van der Waals surface area contributed by atoms with Crippen molar-refractivity contribution in [2.24, 2.45) is 16.6 Å². The van der Waals surface area contributed by atoms with E-state index in [2.05, 4.69) is 14.7 Å². The Kier molecular flexibility index (Phi) is 9.04. The molecule has 1 saturated heterocycles. The summed E-state index contributed by atoms with van der Waals surface area (Å²) >= 11 is 1.17. The number of ether oxygens (including phenoxy) is 1. The zero-order chi connectivity index (χ0) is 28.4. The van der Waals surface area contributed by atoms with Crippen molar-refractivity contribution in [3.05, 3.63) is 28.5 Å². The van der Waals surface area contributed by atoms with Crippen LogP contribution in [-0.4, -0.2) is 49.0 Å². The SMILES string of the molecule is CC(C)(C)NS(=O)(=O)c1ncc(-c2sc(C(N)=NC3CCOCC3)nc2CC2CCCCC2)cc1C(F)(F)F. The van der Waals surface area contributed by atoms with E-state index in [0.717, 1.165) is 44.6 Å². The second-order valence-electron chi connectivity index (χ2n) is 11.3. The number of rotatable bonds is 7. The van der Waals surface area contributed by atoms with Crippen LogP contribution in [0.5, 0.6) is 0 Å². The van der Waals surface area contributed by atoms with Gasteiger partial charge in [0, 0.05) is 30.5 Å². The first-order valence-electron chi connectivity index (χ1n) is 13.3. The number of aromatic nitrogens is 2.